The fourth-order valence-corrected chi connectivity index (χ4v) is 2.03. The van der Waals surface area contributed by atoms with Gasteiger partial charge in [0.2, 0.25) is 0 Å². The van der Waals surface area contributed by atoms with E-state index in [9.17, 15) is 0 Å². The van der Waals surface area contributed by atoms with Gasteiger partial charge in [0.25, 0.3) is 0 Å². The second-order valence-corrected chi connectivity index (χ2v) is 4.71. The Balaban J connectivity index is 2.25. The summed E-state index contributed by atoms with van der Waals surface area (Å²) in [6, 6.07) is 4.58. The van der Waals surface area contributed by atoms with Crippen LogP contribution in [0.2, 0.25) is 0 Å². The van der Waals surface area contributed by atoms with Crippen LogP contribution >= 0.6 is 0 Å². The summed E-state index contributed by atoms with van der Waals surface area (Å²) in [5.41, 5.74) is 7.82. The van der Waals surface area contributed by atoms with E-state index in [2.05, 4.69) is 35.3 Å². The van der Waals surface area contributed by atoms with Crippen molar-refractivity contribution in [3.05, 3.63) is 24.0 Å². The molecule has 2 heterocycles. The van der Waals surface area contributed by atoms with E-state index < -0.39 is 0 Å². The molecule has 0 spiro atoms. The van der Waals surface area contributed by atoms with Gasteiger partial charge in [0, 0.05) is 12.1 Å². The third-order valence-corrected chi connectivity index (χ3v) is 2.64. The molecule has 0 fully saturated rings. The van der Waals surface area contributed by atoms with Gasteiger partial charge in [0.05, 0.1) is 0 Å². The highest BCUT2D eigenvalue weighted by molar-refractivity contribution is 5.51. The van der Waals surface area contributed by atoms with Gasteiger partial charge >= 0.3 is 0 Å². The van der Waals surface area contributed by atoms with E-state index in [-0.39, 0.29) is 6.04 Å². The normalized spacial score (nSPS) is 14.8. The summed E-state index contributed by atoms with van der Waals surface area (Å²) in [6.45, 7) is 6.18. The Morgan fingerprint density at radius 2 is 2.18 bits per heavy atom. The highest BCUT2D eigenvalue weighted by Crippen LogP contribution is 2.15. The number of rotatable bonds is 4. The number of nitrogens with zero attached hydrogens (tertiary/aromatic N) is 3. The number of aromatic nitrogens is 3. The lowest BCUT2D eigenvalue weighted by atomic mass is 10.1. The minimum absolute atomic E-state index is 0.188. The van der Waals surface area contributed by atoms with Crippen LogP contribution in [0.1, 0.15) is 25.8 Å². The summed E-state index contributed by atoms with van der Waals surface area (Å²) in [6.07, 6.45) is 2.49. The molecule has 2 aromatic heterocycles. The van der Waals surface area contributed by atoms with Gasteiger partial charge in [0.15, 0.2) is 5.65 Å². The summed E-state index contributed by atoms with van der Waals surface area (Å²) in [5, 5.41) is 7.63. The first-order valence-corrected chi connectivity index (χ1v) is 5.89. The molecule has 2 atom stereocenters. The second kappa shape index (κ2) is 4.71. The monoisotopic (exact) mass is 233 g/mol. The quantitative estimate of drug-likeness (QED) is 0.841. The van der Waals surface area contributed by atoms with Crippen molar-refractivity contribution in [3.8, 4) is 0 Å². The van der Waals surface area contributed by atoms with Crippen molar-refractivity contribution >= 4 is 11.5 Å². The van der Waals surface area contributed by atoms with Crippen LogP contribution in [0.4, 0.5) is 5.82 Å². The first-order valence-electron chi connectivity index (χ1n) is 5.89. The van der Waals surface area contributed by atoms with Gasteiger partial charge in [-0.15, -0.1) is 0 Å². The van der Waals surface area contributed by atoms with Gasteiger partial charge < -0.3 is 11.1 Å². The molecule has 3 N–H and O–H groups in total. The highest BCUT2D eigenvalue weighted by Gasteiger charge is 2.09. The molecule has 0 saturated carbocycles. The summed E-state index contributed by atoms with van der Waals surface area (Å²) >= 11 is 0. The SMILES string of the molecule is Cc1cc(NC(C)CC(C)N)n2ncnc2c1. The Kier molecular flexibility index (Phi) is 3.28. The smallest absolute Gasteiger partial charge is 0.157 e. The molecule has 0 aromatic carbocycles. The number of nitrogens with two attached hydrogens (primary N) is 1. The third kappa shape index (κ3) is 2.74. The Labute approximate surface area is 101 Å². The van der Waals surface area contributed by atoms with E-state index in [0.717, 1.165) is 17.9 Å². The zero-order valence-corrected chi connectivity index (χ0v) is 10.5. The molecule has 0 amide bonds. The maximum Gasteiger partial charge on any atom is 0.157 e. The Hall–Kier alpha value is -1.62. The lowest BCUT2D eigenvalue weighted by Crippen LogP contribution is -2.27. The molecule has 5 heteroatoms. The van der Waals surface area contributed by atoms with E-state index in [1.165, 1.54) is 5.56 Å². The molecule has 0 saturated heterocycles. The fourth-order valence-electron chi connectivity index (χ4n) is 2.03. The van der Waals surface area contributed by atoms with E-state index in [0.29, 0.717) is 6.04 Å². The summed E-state index contributed by atoms with van der Waals surface area (Å²) < 4.78 is 1.81. The number of pyridine rings is 1. The molecule has 17 heavy (non-hydrogen) atoms. The lowest BCUT2D eigenvalue weighted by molar-refractivity contribution is 0.602. The Morgan fingerprint density at radius 3 is 2.88 bits per heavy atom. The van der Waals surface area contributed by atoms with Gasteiger partial charge in [-0.05, 0) is 44.9 Å². The standard InChI is InChI=1S/C12H19N5/c1-8-4-11-14-7-15-17(11)12(5-8)16-10(3)6-9(2)13/h4-5,7,9-10,16H,6,13H2,1-3H3. The molecule has 0 bridgehead atoms. The maximum atomic E-state index is 5.79. The number of aryl methyl sites for hydroxylation is 1. The molecule has 92 valence electrons. The zero-order chi connectivity index (χ0) is 12.4. The topological polar surface area (TPSA) is 68.2 Å². The zero-order valence-electron chi connectivity index (χ0n) is 10.5. The van der Waals surface area contributed by atoms with Crippen LogP contribution in [0.5, 0.6) is 0 Å². The molecule has 2 aromatic rings. The molecular weight excluding hydrogens is 214 g/mol. The summed E-state index contributed by atoms with van der Waals surface area (Å²) in [7, 11) is 0. The molecule has 5 nitrogen and oxygen atoms in total. The van der Waals surface area contributed by atoms with Gasteiger partial charge in [-0.1, -0.05) is 0 Å². The van der Waals surface area contributed by atoms with Crippen LogP contribution in [0, 0.1) is 6.92 Å². The summed E-state index contributed by atoms with van der Waals surface area (Å²) in [5.74, 6) is 0.964. The molecule has 2 rings (SSSR count). The molecular formula is C12H19N5. The summed E-state index contributed by atoms with van der Waals surface area (Å²) in [4.78, 5) is 4.20. The van der Waals surface area contributed by atoms with Crippen molar-refractivity contribution < 1.29 is 0 Å². The molecule has 0 aliphatic carbocycles. The molecule has 0 aliphatic rings. The molecule has 2 unspecified atom stereocenters. The van der Waals surface area contributed by atoms with Gasteiger partial charge in [-0.25, -0.2) is 4.98 Å². The van der Waals surface area contributed by atoms with Gasteiger partial charge in [0.1, 0.15) is 12.1 Å². The highest BCUT2D eigenvalue weighted by atomic mass is 15.3. The fraction of sp³-hybridized carbons (Fsp3) is 0.500. The lowest BCUT2D eigenvalue weighted by Gasteiger charge is -2.18. The number of anilines is 1. The number of hydrogen-bond acceptors (Lipinski definition) is 4. The number of hydrogen-bond donors (Lipinski definition) is 2. The van der Waals surface area contributed by atoms with Crippen LogP contribution in [0.25, 0.3) is 5.65 Å². The predicted octanol–water partition coefficient (Wildman–Crippen LogP) is 1.58. The number of nitrogens with one attached hydrogen (secondary N) is 1. The van der Waals surface area contributed by atoms with Crippen molar-refractivity contribution in [1.82, 2.24) is 14.6 Å². The third-order valence-electron chi connectivity index (χ3n) is 2.64. The van der Waals surface area contributed by atoms with Crippen molar-refractivity contribution in [3.63, 3.8) is 0 Å². The van der Waals surface area contributed by atoms with Crippen molar-refractivity contribution in [2.75, 3.05) is 5.32 Å². The Bertz CT molecular complexity index is 503. The van der Waals surface area contributed by atoms with E-state index in [1.807, 2.05) is 17.5 Å². The van der Waals surface area contributed by atoms with E-state index in [1.54, 1.807) is 6.33 Å². The average Bonchev–Trinajstić information content (AvgIpc) is 2.63. The van der Waals surface area contributed by atoms with Crippen LogP contribution in [-0.2, 0) is 0 Å². The maximum absolute atomic E-state index is 5.79. The second-order valence-electron chi connectivity index (χ2n) is 4.71. The Morgan fingerprint density at radius 1 is 1.41 bits per heavy atom. The minimum atomic E-state index is 0.188. The minimum Gasteiger partial charge on any atom is -0.367 e. The van der Waals surface area contributed by atoms with Crippen molar-refractivity contribution in [1.29, 1.82) is 0 Å². The van der Waals surface area contributed by atoms with Crippen LogP contribution in [0.3, 0.4) is 0 Å². The van der Waals surface area contributed by atoms with Crippen LogP contribution < -0.4 is 11.1 Å². The number of fused-ring (bicyclic) bond motifs is 1. The van der Waals surface area contributed by atoms with Crippen LogP contribution in [-0.4, -0.2) is 26.7 Å². The molecule has 0 radical (unpaired) electrons. The first kappa shape index (κ1) is 11.9. The molecule has 0 aliphatic heterocycles. The van der Waals surface area contributed by atoms with E-state index in [4.69, 9.17) is 5.73 Å². The van der Waals surface area contributed by atoms with Crippen LogP contribution in [0.15, 0.2) is 18.5 Å². The largest absolute Gasteiger partial charge is 0.367 e. The van der Waals surface area contributed by atoms with Gasteiger partial charge in [-0.3, -0.25) is 0 Å². The van der Waals surface area contributed by atoms with Gasteiger partial charge in [-0.2, -0.15) is 9.61 Å². The first-order chi connectivity index (χ1) is 8.06. The predicted molar refractivity (Wildman–Crippen MR) is 69.1 cm³/mol. The average molecular weight is 233 g/mol. The van der Waals surface area contributed by atoms with Crippen molar-refractivity contribution in [2.24, 2.45) is 5.73 Å². The van der Waals surface area contributed by atoms with E-state index >= 15 is 0 Å². The van der Waals surface area contributed by atoms with Crippen molar-refractivity contribution in [2.45, 2.75) is 39.3 Å².